The van der Waals surface area contributed by atoms with Crippen LogP contribution >= 0.6 is 27.5 Å². The highest BCUT2D eigenvalue weighted by Crippen LogP contribution is 2.27. The lowest BCUT2D eigenvalue weighted by Gasteiger charge is -2.29. The van der Waals surface area contributed by atoms with E-state index >= 15 is 0 Å². The van der Waals surface area contributed by atoms with E-state index in [2.05, 4.69) is 21.2 Å². The summed E-state index contributed by atoms with van der Waals surface area (Å²) in [6.07, 6.45) is 0. The Balaban J connectivity index is 2.17. The van der Waals surface area contributed by atoms with Gasteiger partial charge in [0.15, 0.2) is 6.61 Å². The highest BCUT2D eigenvalue weighted by atomic mass is 79.9. The Morgan fingerprint density at radius 3 is 2.37 bits per heavy atom. The number of halogens is 2. The van der Waals surface area contributed by atoms with Gasteiger partial charge in [0.2, 0.25) is 5.91 Å². The molecule has 162 valence electrons. The fourth-order valence-electron chi connectivity index (χ4n) is 2.73. The summed E-state index contributed by atoms with van der Waals surface area (Å²) >= 11 is 9.50. The molecule has 2 amide bonds. The van der Waals surface area contributed by atoms with Crippen molar-refractivity contribution in [1.29, 1.82) is 0 Å². The normalized spacial score (nSPS) is 11.7. The van der Waals surface area contributed by atoms with Crippen LogP contribution in [0.4, 0.5) is 0 Å². The number of rotatable bonds is 9. The lowest BCUT2D eigenvalue weighted by atomic mass is 10.1. The third-order valence-electron chi connectivity index (χ3n) is 4.36. The van der Waals surface area contributed by atoms with E-state index < -0.39 is 6.04 Å². The number of nitrogens with one attached hydrogen (secondary N) is 1. The second-order valence-electron chi connectivity index (χ2n) is 7.07. The summed E-state index contributed by atoms with van der Waals surface area (Å²) in [5.74, 6) is 0.567. The van der Waals surface area contributed by atoms with Crippen molar-refractivity contribution in [2.24, 2.45) is 0 Å². The van der Waals surface area contributed by atoms with Crippen LogP contribution in [0, 0.1) is 0 Å². The minimum atomic E-state index is -0.675. The largest absolute Gasteiger partial charge is 0.497 e. The molecule has 1 unspecified atom stereocenters. The van der Waals surface area contributed by atoms with Crippen LogP contribution in [0.25, 0.3) is 0 Å². The van der Waals surface area contributed by atoms with Crippen LogP contribution in [0.1, 0.15) is 26.3 Å². The second-order valence-corrected chi connectivity index (χ2v) is 8.40. The summed E-state index contributed by atoms with van der Waals surface area (Å²) in [5, 5.41) is 3.24. The predicted octanol–water partition coefficient (Wildman–Crippen LogP) is 4.43. The van der Waals surface area contributed by atoms with Crippen LogP contribution in [0.5, 0.6) is 11.5 Å². The number of hydrogen-bond donors (Lipinski definition) is 1. The van der Waals surface area contributed by atoms with Gasteiger partial charge in [-0.05, 0) is 56.7 Å². The molecule has 0 aliphatic rings. The molecule has 0 aliphatic heterocycles. The topological polar surface area (TPSA) is 67.9 Å². The maximum atomic E-state index is 13.0. The molecule has 1 atom stereocenters. The zero-order valence-electron chi connectivity index (χ0n) is 17.4. The molecule has 30 heavy (non-hydrogen) atoms. The van der Waals surface area contributed by atoms with Gasteiger partial charge in [-0.3, -0.25) is 9.59 Å². The summed E-state index contributed by atoms with van der Waals surface area (Å²) < 4.78 is 11.6. The summed E-state index contributed by atoms with van der Waals surface area (Å²) in [4.78, 5) is 27.1. The van der Waals surface area contributed by atoms with Crippen molar-refractivity contribution in [1.82, 2.24) is 10.2 Å². The number of carbonyl (C=O) groups is 2. The fraction of sp³-hybridized carbons (Fsp3) is 0.364. The lowest BCUT2D eigenvalue weighted by Crippen LogP contribution is -2.50. The molecule has 0 saturated carbocycles. The molecule has 0 fully saturated rings. The van der Waals surface area contributed by atoms with E-state index in [1.54, 1.807) is 32.2 Å². The molecule has 0 spiro atoms. The number of methoxy groups -OCH3 is 1. The minimum Gasteiger partial charge on any atom is -0.497 e. The molecule has 8 heteroatoms. The van der Waals surface area contributed by atoms with Gasteiger partial charge < -0.3 is 19.7 Å². The Morgan fingerprint density at radius 1 is 1.13 bits per heavy atom. The highest BCUT2D eigenvalue weighted by molar-refractivity contribution is 9.10. The molecule has 0 saturated heterocycles. The molecule has 1 N–H and O–H groups in total. The molecule has 6 nitrogen and oxygen atoms in total. The van der Waals surface area contributed by atoms with Crippen molar-refractivity contribution < 1.29 is 19.1 Å². The zero-order chi connectivity index (χ0) is 22.3. The summed E-state index contributed by atoms with van der Waals surface area (Å²) in [6.45, 7) is 5.47. The second kappa shape index (κ2) is 11.2. The minimum absolute atomic E-state index is 0.0317. The van der Waals surface area contributed by atoms with E-state index in [-0.39, 0.29) is 31.0 Å². The quantitative estimate of drug-likeness (QED) is 0.556. The third-order valence-corrected chi connectivity index (χ3v) is 5.14. The van der Waals surface area contributed by atoms with Gasteiger partial charge in [-0.2, -0.15) is 0 Å². The Bertz CT molecular complexity index is 874. The van der Waals surface area contributed by atoms with Gasteiger partial charge in [-0.15, -0.1) is 0 Å². The molecule has 0 radical (unpaired) electrons. The molecule has 0 aliphatic carbocycles. The van der Waals surface area contributed by atoms with Gasteiger partial charge in [-0.25, -0.2) is 0 Å². The average Bonchev–Trinajstić information content (AvgIpc) is 2.70. The number of carbonyl (C=O) groups excluding carboxylic acids is 2. The molecule has 0 heterocycles. The molecule has 0 bridgehead atoms. The fourth-order valence-corrected chi connectivity index (χ4v) is 3.46. The van der Waals surface area contributed by atoms with Crippen LogP contribution in [0.2, 0.25) is 5.02 Å². The Kier molecular flexibility index (Phi) is 8.99. The van der Waals surface area contributed by atoms with Crippen LogP contribution in [-0.2, 0) is 16.1 Å². The van der Waals surface area contributed by atoms with E-state index in [9.17, 15) is 9.59 Å². The number of nitrogens with zero attached hydrogens (tertiary/aromatic N) is 1. The molecule has 2 rings (SSSR count). The molecule has 2 aromatic carbocycles. The first kappa shape index (κ1) is 24.0. The smallest absolute Gasteiger partial charge is 0.261 e. The van der Waals surface area contributed by atoms with E-state index in [1.165, 1.54) is 4.90 Å². The molecular formula is C22H26BrClN2O4. The van der Waals surface area contributed by atoms with Crippen LogP contribution in [0.3, 0.4) is 0 Å². The van der Waals surface area contributed by atoms with Crippen LogP contribution in [0.15, 0.2) is 46.9 Å². The number of benzene rings is 2. The number of ether oxygens (including phenoxy) is 2. The van der Waals surface area contributed by atoms with Crippen LogP contribution < -0.4 is 14.8 Å². The van der Waals surface area contributed by atoms with Crippen molar-refractivity contribution >= 4 is 39.3 Å². The van der Waals surface area contributed by atoms with Gasteiger partial charge in [-0.1, -0.05) is 39.7 Å². The summed E-state index contributed by atoms with van der Waals surface area (Å²) in [5.41, 5.74) is 0.870. The van der Waals surface area contributed by atoms with Crippen molar-refractivity contribution in [3.63, 3.8) is 0 Å². The Labute approximate surface area is 190 Å². The number of amides is 2. The van der Waals surface area contributed by atoms with E-state index in [1.807, 2.05) is 38.1 Å². The summed E-state index contributed by atoms with van der Waals surface area (Å²) in [6, 6.07) is 11.8. The third kappa shape index (κ3) is 6.92. The van der Waals surface area contributed by atoms with Crippen molar-refractivity contribution in [3.8, 4) is 11.5 Å². The average molecular weight is 498 g/mol. The monoisotopic (exact) mass is 496 g/mol. The Morgan fingerprint density at radius 2 is 1.80 bits per heavy atom. The maximum Gasteiger partial charge on any atom is 0.261 e. The van der Waals surface area contributed by atoms with E-state index in [4.69, 9.17) is 21.1 Å². The van der Waals surface area contributed by atoms with Crippen molar-refractivity contribution in [2.75, 3.05) is 13.7 Å². The number of hydrogen-bond acceptors (Lipinski definition) is 4. The van der Waals surface area contributed by atoms with E-state index in [0.717, 1.165) is 15.8 Å². The Hall–Kier alpha value is -2.25. The molecular weight excluding hydrogens is 472 g/mol. The van der Waals surface area contributed by atoms with Crippen molar-refractivity contribution in [2.45, 2.75) is 39.4 Å². The van der Waals surface area contributed by atoms with E-state index in [0.29, 0.717) is 10.8 Å². The van der Waals surface area contributed by atoms with Crippen LogP contribution in [-0.4, -0.2) is 42.5 Å². The predicted molar refractivity (Wildman–Crippen MR) is 121 cm³/mol. The van der Waals surface area contributed by atoms with Gasteiger partial charge >= 0.3 is 0 Å². The van der Waals surface area contributed by atoms with Crippen molar-refractivity contribution in [3.05, 3.63) is 57.5 Å². The van der Waals surface area contributed by atoms with Gasteiger partial charge in [0.25, 0.3) is 5.91 Å². The van der Waals surface area contributed by atoms with Gasteiger partial charge in [0, 0.05) is 17.1 Å². The molecule has 0 aromatic heterocycles. The SMILES string of the molecule is COc1ccc(CN(C(=O)COc2ccc(Br)cc2Cl)C(C)C(=O)NC(C)C)cc1. The first-order valence-corrected chi connectivity index (χ1v) is 10.7. The van der Waals surface area contributed by atoms with Gasteiger partial charge in [0.1, 0.15) is 17.5 Å². The van der Waals surface area contributed by atoms with Gasteiger partial charge in [0.05, 0.1) is 12.1 Å². The standard InChI is InChI=1S/C22H26BrClN2O4/c1-14(2)25-22(28)15(3)26(12-16-5-8-18(29-4)9-6-16)21(27)13-30-20-10-7-17(23)11-19(20)24/h5-11,14-15H,12-13H2,1-4H3,(H,25,28). The summed E-state index contributed by atoms with van der Waals surface area (Å²) in [7, 11) is 1.59. The first-order valence-electron chi connectivity index (χ1n) is 9.52. The first-order chi connectivity index (χ1) is 14.2. The maximum absolute atomic E-state index is 13.0. The highest BCUT2D eigenvalue weighted by Gasteiger charge is 2.27. The lowest BCUT2D eigenvalue weighted by molar-refractivity contribution is -0.142. The molecule has 2 aromatic rings. The zero-order valence-corrected chi connectivity index (χ0v) is 19.8.